The molecule has 0 atom stereocenters. The predicted octanol–water partition coefficient (Wildman–Crippen LogP) is 3.05. The van der Waals surface area contributed by atoms with Crippen molar-refractivity contribution in [3.8, 4) is 11.5 Å². The first-order valence-corrected chi connectivity index (χ1v) is 8.07. The van der Waals surface area contributed by atoms with E-state index in [0.29, 0.717) is 29.4 Å². The molecule has 0 spiro atoms. The van der Waals surface area contributed by atoms with E-state index < -0.39 is 11.5 Å². The van der Waals surface area contributed by atoms with Crippen molar-refractivity contribution in [3.63, 3.8) is 0 Å². The first-order valence-electron chi connectivity index (χ1n) is 7.69. The van der Waals surface area contributed by atoms with Crippen molar-refractivity contribution in [1.82, 2.24) is 10.3 Å². The SMILES string of the molecule is O=C(O)CC1(NC(=O)Cc2coc(-c3ccc(Cl)cc3)n2)CCC1. The zero-order valence-electron chi connectivity index (χ0n) is 12.9. The van der Waals surface area contributed by atoms with Gasteiger partial charge in [-0.2, -0.15) is 0 Å². The summed E-state index contributed by atoms with van der Waals surface area (Å²) in [4.78, 5) is 27.4. The Morgan fingerprint density at radius 3 is 2.58 bits per heavy atom. The van der Waals surface area contributed by atoms with Crippen LogP contribution in [0.2, 0.25) is 5.02 Å². The van der Waals surface area contributed by atoms with E-state index in [9.17, 15) is 9.59 Å². The van der Waals surface area contributed by atoms with E-state index in [2.05, 4.69) is 10.3 Å². The van der Waals surface area contributed by atoms with Crippen molar-refractivity contribution in [1.29, 1.82) is 0 Å². The first kappa shape index (κ1) is 16.5. The van der Waals surface area contributed by atoms with Gasteiger partial charge >= 0.3 is 5.97 Å². The topological polar surface area (TPSA) is 92.4 Å². The van der Waals surface area contributed by atoms with E-state index in [0.717, 1.165) is 12.0 Å². The number of carboxylic acid groups (broad SMARTS) is 1. The molecule has 126 valence electrons. The Hall–Kier alpha value is -2.34. The normalized spacial score (nSPS) is 15.5. The molecule has 1 aliphatic rings. The van der Waals surface area contributed by atoms with E-state index in [-0.39, 0.29) is 18.7 Å². The van der Waals surface area contributed by atoms with Crippen molar-refractivity contribution >= 4 is 23.5 Å². The number of carbonyl (C=O) groups is 2. The first-order chi connectivity index (χ1) is 11.5. The number of carbonyl (C=O) groups excluding carboxylic acids is 1. The van der Waals surface area contributed by atoms with Crippen molar-refractivity contribution in [2.75, 3.05) is 0 Å². The highest BCUT2D eigenvalue weighted by atomic mass is 35.5. The summed E-state index contributed by atoms with van der Waals surface area (Å²) in [6.07, 6.45) is 3.76. The van der Waals surface area contributed by atoms with Crippen molar-refractivity contribution in [2.45, 2.75) is 37.6 Å². The van der Waals surface area contributed by atoms with E-state index in [1.54, 1.807) is 24.3 Å². The molecule has 0 radical (unpaired) electrons. The third kappa shape index (κ3) is 3.76. The fraction of sp³-hybridized carbons (Fsp3) is 0.353. The van der Waals surface area contributed by atoms with Gasteiger partial charge in [-0.05, 0) is 43.5 Å². The minimum absolute atomic E-state index is 0.0480. The highest BCUT2D eigenvalue weighted by Gasteiger charge is 2.40. The number of benzene rings is 1. The van der Waals surface area contributed by atoms with Gasteiger partial charge in [0, 0.05) is 10.6 Å². The molecule has 7 heteroatoms. The zero-order valence-corrected chi connectivity index (χ0v) is 13.7. The van der Waals surface area contributed by atoms with Crippen LogP contribution in [0.15, 0.2) is 34.9 Å². The van der Waals surface area contributed by atoms with Crippen LogP contribution in [0.25, 0.3) is 11.5 Å². The maximum absolute atomic E-state index is 12.2. The number of hydrogen-bond acceptors (Lipinski definition) is 4. The summed E-state index contributed by atoms with van der Waals surface area (Å²) in [5.41, 5.74) is 0.667. The third-order valence-electron chi connectivity index (χ3n) is 4.19. The lowest BCUT2D eigenvalue weighted by Gasteiger charge is -2.41. The molecule has 1 fully saturated rings. The van der Waals surface area contributed by atoms with Gasteiger partial charge in [-0.1, -0.05) is 11.6 Å². The van der Waals surface area contributed by atoms with Crippen molar-refractivity contribution < 1.29 is 19.1 Å². The fourth-order valence-corrected chi connectivity index (χ4v) is 2.98. The zero-order chi connectivity index (χ0) is 17.2. The average molecular weight is 349 g/mol. The molecular weight excluding hydrogens is 332 g/mol. The van der Waals surface area contributed by atoms with Crippen molar-refractivity contribution in [2.24, 2.45) is 0 Å². The van der Waals surface area contributed by atoms with Gasteiger partial charge in [0.05, 0.1) is 24.1 Å². The minimum atomic E-state index is -0.901. The molecule has 1 aromatic heterocycles. The Labute approximate surface area is 143 Å². The van der Waals surface area contributed by atoms with Crippen LogP contribution in [0.1, 0.15) is 31.4 Å². The van der Waals surface area contributed by atoms with Gasteiger partial charge in [0.15, 0.2) is 0 Å². The highest BCUT2D eigenvalue weighted by molar-refractivity contribution is 6.30. The fourth-order valence-electron chi connectivity index (χ4n) is 2.86. The summed E-state index contributed by atoms with van der Waals surface area (Å²) in [5.74, 6) is -0.730. The third-order valence-corrected chi connectivity index (χ3v) is 4.44. The lowest BCUT2D eigenvalue weighted by atomic mass is 9.74. The number of aromatic nitrogens is 1. The Kier molecular flexibility index (Phi) is 4.57. The van der Waals surface area contributed by atoms with Crippen LogP contribution in [0.3, 0.4) is 0 Å². The largest absolute Gasteiger partial charge is 0.481 e. The lowest BCUT2D eigenvalue weighted by Crippen LogP contribution is -2.55. The molecule has 2 aromatic rings. The molecule has 0 bridgehead atoms. The summed E-state index contributed by atoms with van der Waals surface area (Å²) >= 11 is 5.84. The number of rotatable bonds is 6. The quantitative estimate of drug-likeness (QED) is 0.837. The monoisotopic (exact) mass is 348 g/mol. The van der Waals surface area contributed by atoms with Crippen LogP contribution in [0, 0.1) is 0 Å². The second-order valence-corrected chi connectivity index (χ2v) is 6.52. The molecule has 1 saturated carbocycles. The minimum Gasteiger partial charge on any atom is -0.481 e. The van der Waals surface area contributed by atoms with Crippen molar-refractivity contribution in [3.05, 3.63) is 41.2 Å². The Morgan fingerprint density at radius 2 is 2.00 bits per heavy atom. The number of nitrogens with zero attached hydrogens (tertiary/aromatic N) is 1. The summed E-state index contributed by atoms with van der Waals surface area (Å²) in [7, 11) is 0. The predicted molar refractivity (Wildman–Crippen MR) is 87.6 cm³/mol. The van der Waals surface area contributed by atoms with Gasteiger partial charge < -0.3 is 14.8 Å². The molecule has 0 saturated heterocycles. The van der Waals surface area contributed by atoms with Crippen LogP contribution in [0.4, 0.5) is 0 Å². The van der Waals surface area contributed by atoms with Crippen LogP contribution in [-0.4, -0.2) is 27.5 Å². The second-order valence-electron chi connectivity index (χ2n) is 6.08. The Bertz CT molecular complexity index is 750. The number of nitrogens with one attached hydrogen (secondary N) is 1. The van der Waals surface area contributed by atoms with Gasteiger partial charge in [0.2, 0.25) is 11.8 Å². The molecule has 24 heavy (non-hydrogen) atoms. The molecule has 1 aromatic carbocycles. The number of carboxylic acids is 1. The Balaban J connectivity index is 1.63. The van der Waals surface area contributed by atoms with Crippen LogP contribution < -0.4 is 5.32 Å². The molecule has 1 amide bonds. The molecule has 0 unspecified atom stereocenters. The molecular formula is C17H17ClN2O4. The summed E-state index contributed by atoms with van der Waals surface area (Å²) in [6, 6.07) is 7.04. The van der Waals surface area contributed by atoms with E-state index >= 15 is 0 Å². The molecule has 6 nitrogen and oxygen atoms in total. The molecule has 0 aliphatic heterocycles. The van der Waals surface area contributed by atoms with Crippen LogP contribution in [-0.2, 0) is 16.0 Å². The summed E-state index contributed by atoms with van der Waals surface area (Å²) < 4.78 is 5.40. The number of oxazole rings is 1. The number of amides is 1. The van der Waals surface area contributed by atoms with E-state index in [4.69, 9.17) is 21.1 Å². The van der Waals surface area contributed by atoms with Crippen LogP contribution >= 0.6 is 11.6 Å². The highest BCUT2D eigenvalue weighted by Crippen LogP contribution is 2.35. The maximum atomic E-state index is 12.2. The number of hydrogen-bond donors (Lipinski definition) is 2. The van der Waals surface area contributed by atoms with Gasteiger partial charge in [0.25, 0.3) is 0 Å². The standard InChI is InChI=1S/C17H17ClN2O4/c18-12-4-2-11(3-5-12)16-19-13(10-24-16)8-14(21)20-17(6-1-7-17)9-15(22)23/h2-5,10H,1,6-9H2,(H,20,21)(H,22,23). The molecule has 3 rings (SSSR count). The summed E-state index contributed by atoms with van der Waals surface area (Å²) in [5, 5.41) is 12.4. The number of aliphatic carboxylic acids is 1. The van der Waals surface area contributed by atoms with Crippen LogP contribution in [0.5, 0.6) is 0 Å². The average Bonchev–Trinajstić information content (AvgIpc) is 2.93. The molecule has 1 heterocycles. The Morgan fingerprint density at radius 1 is 1.29 bits per heavy atom. The number of halogens is 1. The van der Waals surface area contributed by atoms with Gasteiger partial charge in [0.1, 0.15) is 6.26 Å². The van der Waals surface area contributed by atoms with Gasteiger partial charge in [-0.25, -0.2) is 4.98 Å². The lowest BCUT2D eigenvalue weighted by molar-refractivity contribution is -0.140. The summed E-state index contributed by atoms with van der Waals surface area (Å²) in [6.45, 7) is 0. The smallest absolute Gasteiger partial charge is 0.305 e. The molecule has 2 N–H and O–H groups in total. The van der Waals surface area contributed by atoms with E-state index in [1.165, 1.54) is 6.26 Å². The maximum Gasteiger partial charge on any atom is 0.305 e. The molecule has 1 aliphatic carbocycles. The van der Waals surface area contributed by atoms with Gasteiger partial charge in [-0.3, -0.25) is 9.59 Å². The second kappa shape index (κ2) is 6.65. The van der Waals surface area contributed by atoms with E-state index in [1.807, 2.05) is 0 Å². The van der Waals surface area contributed by atoms with Gasteiger partial charge in [-0.15, -0.1) is 0 Å².